The highest BCUT2D eigenvalue weighted by atomic mass is 32.2. The number of carboxylic acids is 1. The van der Waals surface area contributed by atoms with Gasteiger partial charge < -0.3 is 15.7 Å². The second kappa shape index (κ2) is 14.3. The summed E-state index contributed by atoms with van der Waals surface area (Å²) in [6, 6.07) is 14.9. The summed E-state index contributed by atoms with van der Waals surface area (Å²) in [5.74, 6) is -2.18. The van der Waals surface area contributed by atoms with E-state index in [1.54, 1.807) is 30.3 Å². The van der Waals surface area contributed by atoms with E-state index in [4.69, 9.17) is 0 Å². The van der Waals surface area contributed by atoms with Crippen molar-refractivity contribution in [3.63, 3.8) is 0 Å². The number of aliphatic carboxylic acids is 1. The third kappa shape index (κ3) is 7.37. The second-order valence-corrected chi connectivity index (χ2v) is 13.8. The summed E-state index contributed by atoms with van der Waals surface area (Å²) in [6.45, 7) is 1.83. The summed E-state index contributed by atoms with van der Waals surface area (Å²) in [6.07, 6.45) is 0.552. The van der Waals surface area contributed by atoms with E-state index in [0.717, 1.165) is 15.5 Å². The first-order valence-electron chi connectivity index (χ1n) is 13.9. The van der Waals surface area contributed by atoms with Gasteiger partial charge in [0.05, 0.1) is 0 Å². The van der Waals surface area contributed by atoms with Crippen LogP contribution in [-0.4, -0.2) is 84.8 Å². The van der Waals surface area contributed by atoms with E-state index >= 15 is 0 Å². The topological polar surface area (TPSA) is 162 Å². The smallest absolute Gasteiger partial charge is 0.352 e. The molecule has 234 valence electrons. The van der Waals surface area contributed by atoms with Crippen LogP contribution >= 0.6 is 34.9 Å². The second-order valence-electron chi connectivity index (χ2n) is 10.3. The molecule has 2 aliphatic rings. The SMILES string of the molecule is Cc1nnc(SCC2=C(C(=O)O)N3C(=O)C(NC(=O)[C@H](NC(=O)N(C)C(=O)CCc4ccccc4)c4ccccc4)[C@H]3SC2)s1. The van der Waals surface area contributed by atoms with Crippen molar-refractivity contribution in [2.45, 2.75) is 41.6 Å². The third-order valence-electron chi connectivity index (χ3n) is 7.24. The summed E-state index contributed by atoms with van der Waals surface area (Å²) in [7, 11) is 1.34. The summed E-state index contributed by atoms with van der Waals surface area (Å²) in [5.41, 5.74) is 1.89. The monoisotopic (exact) mass is 666 g/mol. The molecule has 3 aromatic rings. The zero-order valence-corrected chi connectivity index (χ0v) is 26.8. The van der Waals surface area contributed by atoms with E-state index in [1.807, 2.05) is 37.3 Å². The Kier molecular flexibility index (Phi) is 10.2. The van der Waals surface area contributed by atoms with Crippen LogP contribution in [0.25, 0.3) is 0 Å². The van der Waals surface area contributed by atoms with Gasteiger partial charge in [-0.25, -0.2) is 9.59 Å². The lowest BCUT2D eigenvalue weighted by Crippen LogP contribution is -2.71. The highest BCUT2D eigenvalue weighted by Gasteiger charge is 2.54. The maximum Gasteiger partial charge on any atom is 0.352 e. The molecule has 2 aromatic carbocycles. The molecule has 1 unspecified atom stereocenters. The molecule has 3 N–H and O–H groups in total. The van der Waals surface area contributed by atoms with Crippen LogP contribution in [0.4, 0.5) is 4.79 Å². The average molecular weight is 667 g/mol. The minimum absolute atomic E-state index is 0.0912. The van der Waals surface area contributed by atoms with Crippen LogP contribution in [0.1, 0.15) is 28.6 Å². The Labute approximate surface area is 271 Å². The van der Waals surface area contributed by atoms with Gasteiger partial charge in [0.1, 0.15) is 28.2 Å². The lowest BCUT2D eigenvalue weighted by Gasteiger charge is -2.49. The molecule has 1 aromatic heterocycles. The average Bonchev–Trinajstić information content (AvgIpc) is 3.48. The van der Waals surface area contributed by atoms with Crippen molar-refractivity contribution in [2.75, 3.05) is 18.6 Å². The standard InChI is InChI=1S/C30H30N6O6S3/c1-17-33-34-30(45-17)44-16-20-15-43-27-23(26(39)36(27)24(20)28(40)41)31-25(38)22(19-11-7-4-8-12-19)32-29(42)35(2)21(37)14-13-18-9-5-3-6-10-18/h3-12,22-23,27H,13-16H2,1-2H3,(H,31,38)(H,32,42)(H,40,41)/t22-,23?,27-/m1/s1. The van der Waals surface area contributed by atoms with E-state index < -0.39 is 47.2 Å². The van der Waals surface area contributed by atoms with E-state index in [1.165, 1.54) is 46.8 Å². The first-order chi connectivity index (χ1) is 21.6. The Morgan fingerprint density at radius 3 is 2.42 bits per heavy atom. The number of aromatic nitrogens is 2. The first kappa shape index (κ1) is 32.2. The normalized spacial score (nSPS) is 18.0. The number of carboxylic acid groups (broad SMARTS) is 1. The maximum absolute atomic E-state index is 13.6. The number of carbonyl (C=O) groups excluding carboxylic acids is 4. The molecule has 0 aliphatic carbocycles. The van der Waals surface area contributed by atoms with Crippen molar-refractivity contribution < 1.29 is 29.1 Å². The van der Waals surface area contributed by atoms with Gasteiger partial charge in [-0.05, 0) is 30.0 Å². The number of rotatable bonds is 11. The molecule has 1 saturated heterocycles. The Bertz CT molecular complexity index is 1630. The summed E-state index contributed by atoms with van der Waals surface area (Å²) >= 11 is 4.11. The van der Waals surface area contributed by atoms with Gasteiger partial charge >= 0.3 is 12.0 Å². The largest absolute Gasteiger partial charge is 0.477 e. The van der Waals surface area contributed by atoms with E-state index in [2.05, 4.69) is 20.8 Å². The number of hydrogen-bond acceptors (Lipinski definition) is 10. The van der Waals surface area contributed by atoms with E-state index in [9.17, 15) is 29.1 Å². The molecular formula is C30H30N6O6S3. The van der Waals surface area contributed by atoms with E-state index in [0.29, 0.717) is 33.4 Å². The molecule has 0 bridgehead atoms. The highest BCUT2D eigenvalue weighted by Crippen LogP contribution is 2.42. The van der Waals surface area contributed by atoms with Gasteiger partial charge in [-0.2, -0.15) is 0 Å². The summed E-state index contributed by atoms with van der Waals surface area (Å²) in [4.78, 5) is 67.1. The van der Waals surface area contributed by atoms with E-state index in [-0.39, 0.29) is 12.1 Å². The van der Waals surface area contributed by atoms with Crippen molar-refractivity contribution in [2.24, 2.45) is 0 Å². The number of thioether (sulfide) groups is 2. The fraction of sp³-hybridized carbons (Fsp3) is 0.300. The Hall–Kier alpha value is -4.21. The van der Waals surface area contributed by atoms with Gasteiger partial charge in [-0.1, -0.05) is 83.8 Å². The number of aryl methyl sites for hydroxylation is 2. The zero-order chi connectivity index (χ0) is 32.1. The van der Waals surface area contributed by atoms with Gasteiger partial charge in [0, 0.05) is 25.0 Å². The summed E-state index contributed by atoms with van der Waals surface area (Å²) < 4.78 is 0.703. The van der Waals surface area contributed by atoms with Gasteiger partial charge in [0.25, 0.3) is 5.91 Å². The number of imide groups is 1. The van der Waals surface area contributed by atoms with Gasteiger partial charge in [0.15, 0.2) is 4.34 Å². The molecule has 0 spiro atoms. The Morgan fingerprint density at radius 1 is 1.09 bits per heavy atom. The molecule has 45 heavy (non-hydrogen) atoms. The van der Waals surface area contributed by atoms with Gasteiger partial charge in [0.2, 0.25) is 11.8 Å². The van der Waals surface area contributed by atoms with Crippen LogP contribution in [0.2, 0.25) is 0 Å². The predicted octanol–water partition coefficient (Wildman–Crippen LogP) is 3.22. The number of nitrogens with zero attached hydrogens (tertiary/aromatic N) is 4. The minimum Gasteiger partial charge on any atom is -0.477 e. The zero-order valence-electron chi connectivity index (χ0n) is 24.3. The Balaban J connectivity index is 1.25. The highest BCUT2D eigenvalue weighted by molar-refractivity contribution is 8.01. The lowest BCUT2D eigenvalue weighted by molar-refractivity contribution is -0.151. The molecular weight excluding hydrogens is 637 g/mol. The molecule has 1 fully saturated rings. The molecule has 0 radical (unpaired) electrons. The molecule has 5 rings (SSSR count). The molecule has 2 aliphatic heterocycles. The van der Waals surface area contributed by atoms with Crippen LogP contribution in [-0.2, 0) is 25.6 Å². The molecule has 3 heterocycles. The van der Waals surface area contributed by atoms with Crippen LogP contribution in [0, 0.1) is 6.92 Å². The molecule has 5 amide bonds. The van der Waals surface area contributed by atoms with Gasteiger partial charge in [-0.15, -0.1) is 22.0 Å². The summed E-state index contributed by atoms with van der Waals surface area (Å²) in [5, 5.41) is 23.5. The number of fused-ring (bicyclic) bond motifs is 1. The van der Waals surface area contributed by atoms with Crippen LogP contribution in [0.5, 0.6) is 0 Å². The first-order valence-corrected chi connectivity index (χ1v) is 16.8. The van der Waals surface area contributed by atoms with Crippen molar-refractivity contribution in [1.82, 2.24) is 30.6 Å². The molecule has 0 saturated carbocycles. The lowest BCUT2D eigenvalue weighted by atomic mass is 10.0. The molecule has 12 nitrogen and oxygen atoms in total. The maximum atomic E-state index is 13.6. The quantitative estimate of drug-likeness (QED) is 0.205. The van der Waals surface area contributed by atoms with Crippen LogP contribution < -0.4 is 10.6 Å². The number of β-lactam (4-membered cyclic amide) rings is 1. The number of carbonyl (C=O) groups is 5. The number of benzene rings is 2. The number of amides is 5. The van der Waals surface area contributed by atoms with Crippen LogP contribution in [0.15, 0.2) is 76.3 Å². The molecule has 3 atom stereocenters. The van der Waals surface area contributed by atoms with Crippen LogP contribution in [0.3, 0.4) is 0 Å². The van der Waals surface area contributed by atoms with Gasteiger partial charge in [-0.3, -0.25) is 24.2 Å². The van der Waals surface area contributed by atoms with Crippen molar-refractivity contribution in [3.05, 3.63) is 88.1 Å². The predicted molar refractivity (Wildman–Crippen MR) is 170 cm³/mol. The fourth-order valence-electron chi connectivity index (χ4n) is 4.86. The van der Waals surface area contributed by atoms with Crippen molar-refractivity contribution in [3.8, 4) is 0 Å². The third-order valence-corrected chi connectivity index (χ3v) is 10.6. The van der Waals surface area contributed by atoms with Crippen molar-refractivity contribution in [1.29, 1.82) is 0 Å². The molecule has 15 heteroatoms. The number of hydrogen-bond donors (Lipinski definition) is 3. The number of nitrogens with one attached hydrogen (secondary N) is 2. The minimum atomic E-state index is -1.23. The fourth-order valence-corrected chi connectivity index (χ4v) is 8.16. The number of urea groups is 1. The Morgan fingerprint density at radius 2 is 1.78 bits per heavy atom. The van der Waals surface area contributed by atoms with Crippen molar-refractivity contribution >= 4 is 64.6 Å².